The summed E-state index contributed by atoms with van der Waals surface area (Å²) >= 11 is 0. The van der Waals surface area contributed by atoms with Crippen LogP contribution in [-0.2, 0) is 22.0 Å². The molecule has 0 aromatic heterocycles. The van der Waals surface area contributed by atoms with Gasteiger partial charge in [-0.2, -0.15) is 0 Å². The van der Waals surface area contributed by atoms with Gasteiger partial charge in [-0.3, -0.25) is 0 Å². The summed E-state index contributed by atoms with van der Waals surface area (Å²) in [6.45, 7) is 18.8. The molecule has 1 aliphatic rings. The van der Waals surface area contributed by atoms with Gasteiger partial charge >= 0.3 is 5.97 Å². The molecule has 0 fully saturated rings. The lowest BCUT2D eigenvalue weighted by molar-refractivity contribution is 0.0505. The Labute approximate surface area is 195 Å². The summed E-state index contributed by atoms with van der Waals surface area (Å²) in [5.41, 5.74) is 9.18. The van der Waals surface area contributed by atoms with Gasteiger partial charge in [0.05, 0.1) is 12.2 Å². The fraction of sp³-hybridized carbons (Fsp3) is 0.500. The third-order valence-corrected chi connectivity index (χ3v) is 6.61. The first-order valence-corrected chi connectivity index (χ1v) is 12.1. The van der Waals surface area contributed by atoms with Gasteiger partial charge in [0.25, 0.3) is 0 Å². The highest BCUT2D eigenvalue weighted by Crippen LogP contribution is 2.50. The Morgan fingerprint density at radius 1 is 1.03 bits per heavy atom. The van der Waals surface area contributed by atoms with Gasteiger partial charge in [-0.1, -0.05) is 78.8 Å². The van der Waals surface area contributed by atoms with E-state index in [-0.39, 0.29) is 16.8 Å². The topological polar surface area (TPSA) is 26.3 Å². The normalized spacial score (nSPS) is 16.8. The number of rotatable bonds is 7. The zero-order valence-corrected chi connectivity index (χ0v) is 21.3. The molecule has 0 N–H and O–H groups in total. The van der Waals surface area contributed by atoms with E-state index in [1.807, 2.05) is 31.2 Å². The van der Waals surface area contributed by atoms with Crippen LogP contribution in [0.25, 0.3) is 11.6 Å². The van der Waals surface area contributed by atoms with Crippen LogP contribution in [-0.4, -0.2) is 12.6 Å². The first-order valence-electron chi connectivity index (χ1n) is 12.1. The second-order valence-corrected chi connectivity index (χ2v) is 11.2. The minimum atomic E-state index is -0.248. The Bertz CT molecular complexity index is 1000. The molecule has 32 heavy (non-hydrogen) atoms. The van der Waals surface area contributed by atoms with Crippen LogP contribution in [0, 0.1) is 5.92 Å². The standard InChI is InChI=1S/C30H40O2/c1-9-14-32-28(31)23-12-10-22(11-13-23)16-21(4)25-18-27-26(17-24(25)15-20(2)3)29(5,6)19-30(27,7)8/h10-13,16-18,20H,9,14-15,19H2,1-8H3. The van der Waals surface area contributed by atoms with Crippen LogP contribution in [0.15, 0.2) is 36.4 Å². The maximum atomic E-state index is 12.1. The Morgan fingerprint density at radius 2 is 1.62 bits per heavy atom. The smallest absolute Gasteiger partial charge is 0.338 e. The van der Waals surface area contributed by atoms with Crippen molar-refractivity contribution in [1.29, 1.82) is 0 Å². The number of hydrogen-bond donors (Lipinski definition) is 0. The van der Waals surface area contributed by atoms with Crippen LogP contribution in [0.4, 0.5) is 0 Å². The molecule has 2 aromatic carbocycles. The summed E-state index contributed by atoms with van der Waals surface area (Å²) in [6, 6.07) is 12.7. The summed E-state index contributed by atoms with van der Waals surface area (Å²) < 4.78 is 5.24. The first kappa shape index (κ1) is 24.3. The maximum Gasteiger partial charge on any atom is 0.338 e. The Balaban J connectivity index is 1.99. The highest BCUT2D eigenvalue weighted by Gasteiger charge is 2.42. The van der Waals surface area contributed by atoms with Crippen LogP contribution in [0.1, 0.15) is 106 Å². The van der Waals surface area contributed by atoms with Crippen LogP contribution in [0.2, 0.25) is 0 Å². The van der Waals surface area contributed by atoms with Gasteiger partial charge in [-0.25, -0.2) is 4.79 Å². The fourth-order valence-corrected chi connectivity index (χ4v) is 5.36. The summed E-state index contributed by atoms with van der Waals surface area (Å²) in [5, 5.41) is 0. The molecule has 0 aliphatic heterocycles. The minimum Gasteiger partial charge on any atom is -0.462 e. The quantitative estimate of drug-likeness (QED) is 0.327. The van der Waals surface area contributed by atoms with Gasteiger partial charge in [0.1, 0.15) is 0 Å². The van der Waals surface area contributed by atoms with Crippen molar-refractivity contribution in [3.63, 3.8) is 0 Å². The predicted octanol–water partition coefficient (Wildman–Crippen LogP) is 7.97. The number of allylic oxidation sites excluding steroid dienone is 1. The van der Waals surface area contributed by atoms with Crippen LogP contribution >= 0.6 is 0 Å². The summed E-state index contributed by atoms with van der Waals surface area (Å²) in [6.07, 6.45) is 5.32. The molecule has 2 nitrogen and oxygen atoms in total. The second-order valence-electron chi connectivity index (χ2n) is 11.2. The van der Waals surface area contributed by atoms with Gasteiger partial charge in [0.15, 0.2) is 0 Å². The van der Waals surface area contributed by atoms with Gasteiger partial charge in [-0.05, 0) is 88.5 Å². The third-order valence-electron chi connectivity index (χ3n) is 6.61. The SMILES string of the molecule is CCCOC(=O)c1ccc(C=C(C)c2cc3c(cc2CC(C)C)C(C)(C)CC3(C)C)cc1. The fourth-order valence-electron chi connectivity index (χ4n) is 5.36. The van der Waals surface area contributed by atoms with Crippen molar-refractivity contribution in [3.05, 3.63) is 69.8 Å². The molecule has 0 bridgehead atoms. The van der Waals surface area contributed by atoms with Crippen molar-refractivity contribution >= 4 is 17.6 Å². The molecule has 0 heterocycles. The Kier molecular flexibility index (Phi) is 7.03. The lowest BCUT2D eigenvalue weighted by Crippen LogP contribution is -2.18. The van der Waals surface area contributed by atoms with Crippen molar-refractivity contribution in [2.45, 2.75) is 85.5 Å². The highest BCUT2D eigenvalue weighted by atomic mass is 16.5. The van der Waals surface area contributed by atoms with Crippen molar-refractivity contribution in [3.8, 4) is 0 Å². The lowest BCUT2D eigenvalue weighted by atomic mass is 9.82. The second kappa shape index (κ2) is 9.25. The van der Waals surface area contributed by atoms with E-state index in [1.165, 1.54) is 34.2 Å². The molecule has 0 saturated carbocycles. The van der Waals surface area contributed by atoms with E-state index in [9.17, 15) is 4.79 Å². The van der Waals surface area contributed by atoms with Crippen molar-refractivity contribution in [2.24, 2.45) is 5.92 Å². The van der Waals surface area contributed by atoms with E-state index in [4.69, 9.17) is 4.74 Å². The monoisotopic (exact) mass is 432 g/mol. The highest BCUT2D eigenvalue weighted by molar-refractivity contribution is 5.90. The van der Waals surface area contributed by atoms with Crippen molar-refractivity contribution in [2.75, 3.05) is 6.61 Å². The molecule has 0 unspecified atom stereocenters. The molecular formula is C30H40O2. The number of fused-ring (bicyclic) bond motifs is 1. The Morgan fingerprint density at radius 3 is 2.19 bits per heavy atom. The molecule has 0 spiro atoms. The lowest BCUT2D eigenvalue weighted by Gasteiger charge is -2.22. The van der Waals surface area contributed by atoms with Gasteiger partial charge in [-0.15, -0.1) is 0 Å². The molecule has 2 heteroatoms. The summed E-state index contributed by atoms with van der Waals surface area (Å²) in [4.78, 5) is 12.1. The average Bonchev–Trinajstić information content (AvgIpc) is 2.89. The molecule has 0 atom stereocenters. The van der Waals surface area contributed by atoms with Crippen LogP contribution in [0.5, 0.6) is 0 Å². The first-order chi connectivity index (χ1) is 14.9. The zero-order chi connectivity index (χ0) is 23.7. The van der Waals surface area contributed by atoms with Crippen LogP contribution < -0.4 is 0 Å². The van der Waals surface area contributed by atoms with E-state index in [0.29, 0.717) is 18.1 Å². The van der Waals surface area contributed by atoms with Crippen molar-refractivity contribution in [1.82, 2.24) is 0 Å². The van der Waals surface area contributed by atoms with Crippen LogP contribution in [0.3, 0.4) is 0 Å². The minimum absolute atomic E-state index is 0.185. The number of carbonyl (C=O) groups excluding carboxylic acids is 1. The van der Waals surface area contributed by atoms with Gasteiger partial charge < -0.3 is 4.74 Å². The van der Waals surface area contributed by atoms with Gasteiger partial charge in [0.2, 0.25) is 0 Å². The Hall–Kier alpha value is -2.35. The maximum absolute atomic E-state index is 12.1. The molecule has 2 aromatic rings. The van der Waals surface area contributed by atoms with Crippen molar-refractivity contribution < 1.29 is 9.53 Å². The van der Waals surface area contributed by atoms with Gasteiger partial charge in [0, 0.05) is 0 Å². The number of hydrogen-bond acceptors (Lipinski definition) is 2. The molecule has 1 aliphatic carbocycles. The zero-order valence-electron chi connectivity index (χ0n) is 21.3. The number of carbonyl (C=O) groups is 1. The van der Waals surface area contributed by atoms with E-state index in [2.05, 4.69) is 66.7 Å². The van der Waals surface area contributed by atoms with E-state index in [0.717, 1.165) is 18.4 Å². The third kappa shape index (κ3) is 5.17. The largest absolute Gasteiger partial charge is 0.462 e. The number of ether oxygens (including phenoxy) is 1. The number of benzene rings is 2. The molecular weight excluding hydrogens is 392 g/mol. The van der Waals surface area contributed by atoms with E-state index < -0.39 is 0 Å². The molecule has 0 amide bonds. The average molecular weight is 433 g/mol. The molecule has 3 rings (SSSR count). The molecule has 0 radical (unpaired) electrons. The molecule has 0 saturated heterocycles. The molecule has 172 valence electrons. The van der Waals surface area contributed by atoms with E-state index in [1.54, 1.807) is 0 Å². The predicted molar refractivity (Wildman–Crippen MR) is 136 cm³/mol. The summed E-state index contributed by atoms with van der Waals surface area (Å²) in [7, 11) is 0. The number of esters is 1. The summed E-state index contributed by atoms with van der Waals surface area (Å²) in [5.74, 6) is 0.354. The van der Waals surface area contributed by atoms with E-state index >= 15 is 0 Å².